The van der Waals surface area contributed by atoms with Crippen LogP contribution < -0.4 is 25.1 Å². The van der Waals surface area contributed by atoms with Gasteiger partial charge >= 0.3 is 0 Å². The molecular weight excluding hydrogens is 425 g/mol. The van der Waals surface area contributed by atoms with E-state index < -0.39 is 0 Å². The molecule has 3 heterocycles. The molecule has 1 saturated heterocycles. The highest BCUT2D eigenvalue weighted by molar-refractivity contribution is 5.81. The Balaban J connectivity index is 1.40. The zero-order valence-corrected chi connectivity index (χ0v) is 18.2. The van der Waals surface area contributed by atoms with Gasteiger partial charge in [-0.2, -0.15) is 20.1 Å². The van der Waals surface area contributed by atoms with Gasteiger partial charge in [0, 0.05) is 12.6 Å². The first-order valence-electron chi connectivity index (χ1n) is 10.9. The third kappa shape index (κ3) is 4.79. The van der Waals surface area contributed by atoms with Gasteiger partial charge < -0.3 is 19.7 Å². The van der Waals surface area contributed by atoms with Gasteiger partial charge in [-0.05, 0) is 62.1 Å². The number of hydrogen-bond acceptors (Lipinski definition) is 9. The molecule has 0 spiro atoms. The number of nitrogens with zero attached hydrogens (tertiary/aromatic N) is 5. The molecule has 2 N–H and O–H groups in total. The van der Waals surface area contributed by atoms with E-state index in [0.29, 0.717) is 23.5 Å². The zero-order chi connectivity index (χ0) is 22.6. The number of hydrogen-bond donors (Lipinski definition) is 2. The summed E-state index contributed by atoms with van der Waals surface area (Å²) in [6.45, 7) is 3.22. The van der Waals surface area contributed by atoms with Crippen LogP contribution in [0, 0.1) is 5.82 Å². The molecule has 10 heteroatoms. The molecule has 1 aromatic heterocycles. The van der Waals surface area contributed by atoms with E-state index in [1.165, 1.54) is 12.5 Å². The molecule has 2 aliphatic heterocycles. The van der Waals surface area contributed by atoms with E-state index in [1.807, 2.05) is 18.2 Å². The van der Waals surface area contributed by atoms with Crippen LogP contribution in [-0.2, 0) is 0 Å². The van der Waals surface area contributed by atoms with Crippen LogP contribution >= 0.6 is 0 Å². The Hall–Kier alpha value is -3.95. The van der Waals surface area contributed by atoms with Crippen LogP contribution in [0.1, 0.15) is 31.7 Å². The van der Waals surface area contributed by atoms with Gasteiger partial charge in [-0.25, -0.2) is 9.82 Å². The van der Waals surface area contributed by atoms with Crippen molar-refractivity contribution in [1.29, 1.82) is 0 Å². The normalized spacial score (nSPS) is 17.4. The number of piperidine rings is 1. The molecule has 3 aromatic rings. The quantitative estimate of drug-likeness (QED) is 0.425. The van der Waals surface area contributed by atoms with E-state index in [0.717, 1.165) is 24.9 Å². The number of ether oxygens (including phenoxy) is 2. The Morgan fingerprint density at radius 1 is 1.06 bits per heavy atom. The number of halogens is 1. The molecule has 9 nitrogen and oxygen atoms in total. The average Bonchev–Trinajstić information content (AvgIpc) is 3.29. The van der Waals surface area contributed by atoms with Crippen molar-refractivity contribution in [2.24, 2.45) is 5.10 Å². The molecule has 0 aliphatic carbocycles. The second kappa shape index (κ2) is 9.27. The maximum atomic E-state index is 14.2. The molecule has 5 rings (SSSR count). The lowest BCUT2D eigenvalue weighted by atomic mass is 10.0. The fourth-order valence-corrected chi connectivity index (χ4v) is 3.84. The summed E-state index contributed by atoms with van der Waals surface area (Å²) in [5.74, 6) is 2.02. The predicted octanol–water partition coefficient (Wildman–Crippen LogP) is 4.31. The Morgan fingerprint density at radius 3 is 2.79 bits per heavy atom. The van der Waals surface area contributed by atoms with Crippen LogP contribution in [0.5, 0.6) is 11.5 Å². The largest absolute Gasteiger partial charge is 0.454 e. The number of hydrazone groups is 1. The summed E-state index contributed by atoms with van der Waals surface area (Å²) in [6.07, 6.45) is 4.94. The minimum absolute atomic E-state index is 0.217. The van der Waals surface area contributed by atoms with Crippen molar-refractivity contribution in [3.8, 4) is 11.5 Å². The summed E-state index contributed by atoms with van der Waals surface area (Å²) in [5, 5.41) is 7.22. The lowest BCUT2D eigenvalue weighted by molar-refractivity contribution is 0.174. The summed E-state index contributed by atoms with van der Waals surface area (Å²) in [7, 11) is 0. The van der Waals surface area contributed by atoms with Crippen LogP contribution in [0.3, 0.4) is 0 Å². The van der Waals surface area contributed by atoms with Gasteiger partial charge in [0.2, 0.25) is 24.6 Å². The molecule has 170 valence electrons. The van der Waals surface area contributed by atoms with Crippen LogP contribution in [0.2, 0.25) is 0 Å². The van der Waals surface area contributed by atoms with Gasteiger partial charge in [0.1, 0.15) is 5.82 Å². The predicted molar refractivity (Wildman–Crippen MR) is 124 cm³/mol. The Labute approximate surface area is 190 Å². The number of anilines is 4. The van der Waals surface area contributed by atoms with E-state index in [2.05, 4.69) is 42.6 Å². The van der Waals surface area contributed by atoms with Gasteiger partial charge in [-0.15, -0.1) is 0 Å². The highest BCUT2D eigenvalue weighted by Crippen LogP contribution is 2.32. The first-order valence-corrected chi connectivity index (χ1v) is 10.9. The van der Waals surface area contributed by atoms with Crippen molar-refractivity contribution in [3.05, 3.63) is 53.8 Å². The third-order valence-electron chi connectivity index (χ3n) is 5.58. The van der Waals surface area contributed by atoms with Gasteiger partial charge in [-0.3, -0.25) is 0 Å². The smallest absolute Gasteiger partial charge is 0.250 e. The maximum Gasteiger partial charge on any atom is 0.250 e. The monoisotopic (exact) mass is 449 g/mol. The number of rotatable bonds is 6. The summed E-state index contributed by atoms with van der Waals surface area (Å²) in [5.41, 5.74) is 3.99. The maximum absolute atomic E-state index is 14.2. The lowest BCUT2D eigenvalue weighted by Gasteiger charge is -2.33. The second-order valence-corrected chi connectivity index (χ2v) is 7.91. The van der Waals surface area contributed by atoms with Gasteiger partial charge in [0.25, 0.3) is 0 Å². The highest BCUT2D eigenvalue weighted by atomic mass is 19.1. The average molecular weight is 449 g/mol. The van der Waals surface area contributed by atoms with Crippen LogP contribution in [0.25, 0.3) is 0 Å². The molecule has 0 amide bonds. The molecule has 0 bridgehead atoms. The fraction of sp³-hybridized carbons (Fsp3) is 0.304. The Morgan fingerprint density at radius 2 is 1.91 bits per heavy atom. The standard InChI is InChI=1S/C23H24FN7O2/c1-15-6-4-5-11-31(15)23-28-21(26-18-8-3-2-7-17(18)24)27-22(29-23)30-25-13-16-9-10-19-20(12-16)33-14-32-19/h2-3,7-10,12-13,15H,4-6,11,14H2,1H3,(H2,26,27,28,29,30)/b25-13-/t15-/m1/s1. The Bertz CT molecular complexity index is 1170. The first-order chi connectivity index (χ1) is 16.2. The van der Waals surface area contributed by atoms with Crippen molar-refractivity contribution in [2.75, 3.05) is 29.0 Å². The molecule has 0 unspecified atom stereocenters. The number of fused-ring (bicyclic) bond motifs is 1. The van der Waals surface area contributed by atoms with Crippen molar-refractivity contribution < 1.29 is 13.9 Å². The molecule has 0 radical (unpaired) electrons. The van der Waals surface area contributed by atoms with E-state index in [9.17, 15) is 4.39 Å². The van der Waals surface area contributed by atoms with Crippen molar-refractivity contribution >= 4 is 29.7 Å². The highest BCUT2D eigenvalue weighted by Gasteiger charge is 2.22. The molecule has 1 atom stereocenters. The topological polar surface area (TPSA) is 96.8 Å². The number of nitrogens with one attached hydrogen (secondary N) is 2. The minimum atomic E-state index is -0.388. The van der Waals surface area contributed by atoms with Gasteiger partial charge in [0.05, 0.1) is 11.9 Å². The van der Waals surface area contributed by atoms with Crippen molar-refractivity contribution in [2.45, 2.75) is 32.2 Å². The molecule has 0 saturated carbocycles. The molecule has 2 aliphatic rings. The molecule has 2 aromatic carbocycles. The third-order valence-corrected chi connectivity index (χ3v) is 5.58. The molecule has 33 heavy (non-hydrogen) atoms. The van der Waals surface area contributed by atoms with Gasteiger partial charge in [-0.1, -0.05) is 12.1 Å². The van der Waals surface area contributed by atoms with E-state index in [-0.39, 0.29) is 30.2 Å². The van der Waals surface area contributed by atoms with Gasteiger partial charge in [0.15, 0.2) is 11.5 Å². The van der Waals surface area contributed by atoms with Crippen molar-refractivity contribution in [3.63, 3.8) is 0 Å². The fourth-order valence-electron chi connectivity index (χ4n) is 3.84. The number of para-hydroxylation sites is 1. The zero-order valence-electron chi connectivity index (χ0n) is 18.2. The molecule has 1 fully saturated rings. The number of benzene rings is 2. The minimum Gasteiger partial charge on any atom is -0.454 e. The first kappa shape index (κ1) is 20.9. The Kier molecular flexibility index (Phi) is 5.88. The summed E-state index contributed by atoms with van der Waals surface area (Å²) >= 11 is 0. The van der Waals surface area contributed by atoms with E-state index in [1.54, 1.807) is 24.4 Å². The number of aromatic nitrogens is 3. The second-order valence-electron chi connectivity index (χ2n) is 7.91. The van der Waals surface area contributed by atoms with Crippen LogP contribution in [0.4, 0.5) is 27.9 Å². The SMILES string of the molecule is C[C@@H]1CCCCN1c1nc(N/N=C\c2ccc3c(c2)OCO3)nc(Nc2ccccc2F)n1. The van der Waals surface area contributed by atoms with Crippen LogP contribution in [0.15, 0.2) is 47.6 Å². The summed E-state index contributed by atoms with van der Waals surface area (Å²) in [4.78, 5) is 15.6. The summed E-state index contributed by atoms with van der Waals surface area (Å²) in [6, 6.07) is 12.2. The molecular formula is C23H24FN7O2. The summed E-state index contributed by atoms with van der Waals surface area (Å²) < 4.78 is 24.9. The van der Waals surface area contributed by atoms with Crippen molar-refractivity contribution in [1.82, 2.24) is 15.0 Å². The van der Waals surface area contributed by atoms with Crippen LogP contribution in [-0.4, -0.2) is 40.5 Å². The van der Waals surface area contributed by atoms with E-state index >= 15 is 0 Å². The van der Waals surface area contributed by atoms with E-state index in [4.69, 9.17) is 9.47 Å². The lowest BCUT2D eigenvalue weighted by Crippen LogP contribution is -2.38.